The van der Waals surface area contributed by atoms with E-state index in [4.69, 9.17) is 9.47 Å². The predicted molar refractivity (Wildman–Crippen MR) is 182 cm³/mol. The molecule has 5 amide bonds. The maximum absolute atomic E-state index is 14.1. The zero-order valence-corrected chi connectivity index (χ0v) is 30.3. The van der Waals surface area contributed by atoms with E-state index >= 15 is 0 Å². The molecule has 1 aromatic carbocycles. The van der Waals surface area contributed by atoms with Crippen molar-refractivity contribution < 1.29 is 53.2 Å². The molecule has 2 aliphatic heterocycles. The van der Waals surface area contributed by atoms with Gasteiger partial charge in [0.15, 0.2) is 0 Å². The van der Waals surface area contributed by atoms with Crippen molar-refractivity contribution in [2.45, 2.75) is 128 Å². The molecule has 2 heterocycles. The number of carbonyl (C=O) groups is 7. The lowest BCUT2D eigenvalue weighted by Gasteiger charge is -2.31. The van der Waals surface area contributed by atoms with Crippen molar-refractivity contribution in [1.82, 2.24) is 25.8 Å². The second-order valence-corrected chi connectivity index (χ2v) is 14.9. The molecule has 2 saturated heterocycles. The number of nitrogens with zero attached hydrogens (tertiary/aromatic N) is 2. The molecule has 0 bridgehead atoms. The number of hydrogen-bond acceptors (Lipinski definition) is 10. The molecule has 282 valence electrons. The number of hydrogen-bond donors (Lipinski definition) is 5. The summed E-state index contributed by atoms with van der Waals surface area (Å²) in [6.07, 6.45) is -0.0971. The fraction of sp³-hybridized carbons (Fsp3) is 0.629. The summed E-state index contributed by atoms with van der Waals surface area (Å²) >= 11 is 0. The molecule has 2 fully saturated rings. The van der Waals surface area contributed by atoms with Crippen molar-refractivity contribution in [3.8, 4) is 5.75 Å². The number of phenolic OH excluding ortho intramolecular Hbond substituents is 1. The van der Waals surface area contributed by atoms with Gasteiger partial charge in [-0.2, -0.15) is 0 Å². The van der Waals surface area contributed by atoms with Crippen LogP contribution in [0.4, 0.5) is 4.79 Å². The summed E-state index contributed by atoms with van der Waals surface area (Å²) in [5.41, 5.74) is -1.25. The SMILES string of the molecule is C[C@H](NC(=O)[C@@H]1CCCN1C(=O)[C@H](CC(=O)OC(C)(C)C)NC(=O)[C@H](Cc1ccc(O)cc1)NC(=O)OC(C)(C)C)C(=O)N1CCC[C@H]1C(=O)O. The maximum Gasteiger partial charge on any atom is 0.408 e. The molecule has 16 nitrogen and oxygen atoms in total. The monoisotopic (exact) mass is 717 g/mol. The number of esters is 1. The van der Waals surface area contributed by atoms with Crippen LogP contribution in [0.2, 0.25) is 0 Å². The van der Waals surface area contributed by atoms with E-state index in [-0.39, 0.29) is 31.7 Å². The third-order valence-corrected chi connectivity index (χ3v) is 8.18. The second-order valence-electron chi connectivity index (χ2n) is 14.9. The molecule has 0 saturated carbocycles. The van der Waals surface area contributed by atoms with Gasteiger partial charge in [0.2, 0.25) is 23.6 Å². The summed E-state index contributed by atoms with van der Waals surface area (Å²) in [6.45, 7) is 11.7. The number of carboxylic acid groups (broad SMARTS) is 1. The Morgan fingerprint density at radius 1 is 0.784 bits per heavy atom. The molecule has 16 heteroatoms. The Hall–Kier alpha value is -4.89. The van der Waals surface area contributed by atoms with Gasteiger partial charge in [-0.25, -0.2) is 9.59 Å². The lowest BCUT2D eigenvalue weighted by Crippen LogP contribution is -2.59. The van der Waals surface area contributed by atoms with E-state index in [1.54, 1.807) is 53.7 Å². The quantitative estimate of drug-likeness (QED) is 0.196. The van der Waals surface area contributed by atoms with Crippen molar-refractivity contribution in [1.29, 1.82) is 0 Å². The zero-order chi connectivity index (χ0) is 38.3. The highest BCUT2D eigenvalue weighted by molar-refractivity contribution is 5.97. The van der Waals surface area contributed by atoms with Crippen LogP contribution < -0.4 is 16.0 Å². The molecule has 51 heavy (non-hydrogen) atoms. The summed E-state index contributed by atoms with van der Waals surface area (Å²) in [7, 11) is 0. The molecule has 0 spiro atoms. The van der Waals surface area contributed by atoms with E-state index in [1.807, 2.05) is 0 Å². The summed E-state index contributed by atoms with van der Waals surface area (Å²) in [5, 5.41) is 26.9. The fourth-order valence-electron chi connectivity index (χ4n) is 5.96. The molecule has 3 rings (SSSR count). The van der Waals surface area contributed by atoms with Crippen LogP contribution in [0, 0.1) is 0 Å². The second kappa shape index (κ2) is 16.9. The molecule has 5 atom stereocenters. The van der Waals surface area contributed by atoms with E-state index in [1.165, 1.54) is 28.9 Å². The number of alkyl carbamates (subject to hydrolysis) is 1. The number of aromatic hydroxyl groups is 1. The van der Waals surface area contributed by atoms with E-state index in [0.29, 0.717) is 24.8 Å². The van der Waals surface area contributed by atoms with Crippen molar-refractivity contribution >= 4 is 41.7 Å². The van der Waals surface area contributed by atoms with Gasteiger partial charge >= 0.3 is 18.0 Å². The molecule has 5 N–H and O–H groups in total. The van der Waals surface area contributed by atoms with Gasteiger partial charge in [0.1, 0.15) is 47.2 Å². The molecule has 0 aliphatic carbocycles. The summed E-state index contributed by atoms with van der Waals surface area (Å²) in [5.74, 6) is -4.72. The van der Waals surface area contributed by atoms with Gasteiger partial charge in [0, 0.05) is 19.5 Å². The number of carbonyl (C=O) groups excluding carboxylic acids is 6. The minimum atomic E-state index is -1.51. The number of ether oxygens (including phenoxy) is 2. The number of amides is 5. The van der Waals surface area contributed by atoms with Crippen LogP contribution in [0.3, 0.4) is 0 Å². The predicted octanol–water partition coefficient (Wildman–Crippen LogP) is 1.62. The Labute approximate surface area is 297 Å². The number of benzene rings is 1. The molecule has 0 aromatic heterocycles. The average Bonchev–Trinajstić information content (AvgIpc) is 3.69. The van der Waals surface area contributed by atoms with Gasteiger partial charge in [0.05, 0.1) is 6.42 Å². The number of likely N-dealkylation sites (tertiary alicyclic amines) is 2. The number of phenols is 1. The van der Waals surface area contributed by atoms with E-state index < -0.39 is 89.5 Å². The lowest BCUT2D eigenvalue weighted by atomic mass is 10.0. The first-order chi connectivity index (χ1) is 23.6. The van der Waals surface area contributed by atoms with Gasteiger partial charge < -0.3 is 45.4 Å². The third kappa shape index (κ3) is 12.1. The first-order valence-electron chi connectivity index (χ1n) is 17.1. The van der Waals surface area contributed by atoms with Crippen molar-refractivity contribution in [3.63, 3.8) is 0 Å². The highest BCUT2D eigenvalue weighted by Crippen LogP contribution is 2.22. The van der Waals surface area contributed by atoms with Crippen LogP contribution in [-0.4, -0.2) is 116 Å². The van der Waals surface area contributed by atoms with Gasteiger partial charge in [-0.05, 0) is 91.8 Å². The van der Waals surface area contributed by atoms with Crippen LogP contribution >= 0.6 is 0 Å². The smallest absolute Gasteiger partial charge is 0.408 e. The highest BCUT2D eigenvalue weighted by atomic mass is 16.6. The first kappa shape index (κ1) is 40.5. The van der Waals surface area contributed by atoms with Gasteiger partial charge in [-0.15, -0.1) is 0 Å². The molecular formula is C35H51N5O11. The minimum Gasteiger partial charge on any atom is -0.508 e. The Balaban J connectivity index is 1.84. The number of nitrogens with one attached hydrogen (secondary N) is 3. The number of aliphatic carboxylic acids is 1. The summed E-state index contributed by atoms with van der Waals surface area (Å²) in [6, 6.07) is 0.0257. The van der Waals surface area contributed by atoms with Crippen LogP contribution in [-0.2, 0) is 44.7 Å². The fourth-order valence-corrected chi connectivity index (χ4v) is 5.96. The van der Waals surface area contributed by atoms with Crippen LogP contribution in [0.25, 0.3) is 0 Å². The third-order valence-electron chi connectivity index (χ3n) is 8.18. The first-order valence-corrected chi connectivity index (χ1v) is 17.1. The number of rotatable bonds is 12. The lowest BCUT2D eigenvalue weighted by molar-refractivity contribution is -0.157. The molecule has 2 aliphatic rings. The Kier molecular flexibility index (Phi) is 13.4. The van der Waals surface area contributed by atoms with Crippen LogP contribution in [0.15, 0.2) is 24.3 Å². The molecule has 0 radical (unpaired) electrons. The maximum atomic E-state index is 14.1. The largest absolute Gasteiger partial charge is 0.508 e. The van der Waals surface area contributed by atoms with Gasteiger partial charge in [0.25, 0.3) is 0 Å². The molecule has 1 aromatic rings. The standard InChI is InChI=1S/C35H51N5O11/c1-20(30(45)40-17-9-11-26(40)32(47)48)36-29(44)25-10-8-16-39(25)31(46)24(19-27(42)50-34(2,3)4)37-28(43)23(38-33(49)51-35(5,6)7)18-21-12-14-22(41)15-13-21/h12-15,20,23-26,41H,8-11,16-19H2,1-7H3,(H,36,44)(H,37,43)(H,38,49)(H,47,48)/t20-,23-,24-,25-,26-/m0/s1. The van der Waals surface area contributed by atoms with E-state index in [2.05, 4.69) is 16.0 Å². The van der Waals surface area contributed by atoms with Crippen molar-refractivity contribution in [3.05, 3.63) is 29.8 Å². The summed E-state index contributed by atoms with van der Waals surface area (Å²) in [4.78, 5) is 94.3. The van der Waals surface area contributed by atoms with E-state index in [9.17, 15) is 43.8 Å². The average molecular weight is 718 g/mol. The molecular weight excluding hydrogens is 666 g/mol. The van der Waals surface area contributed by atoms with E-state index in [0.717, 1.165) is 0 Å². The van der Waals surface area contributed by atoms with Gasteiger partial charge in [-0.1, -0.05) is 12.1 Å². The van der Waals surface area contributed by atoms with Crippen LogP contribution in [0.1, 0.15) is 86.1 Å². The minimum absolute atomic E-state index is 0.00802. The number of carboxylic acids is 1. The van der Waals surface area contributed by atoms with Crippen LogP contribution in [0.5, 0.6) is 5.75 Å². The topological polar surface area (TPSA) is 221 Å². The Morgan fingerprint density at radius 2 is 1.33 bits per heavy atom. The van der Waals surface area contributed by atoms with Gasteiger partial charge in [-0.3, -0.25) is 24.0 Å². The highest BCUT2D eigenvalue weighted by Gasteiger charge is 2.42. The Morgan fingerprint density at radius 3 is 1.88 bits per heavy atom. The normalized spacial score (nSPS) is 19.4. The summed E-state index contributed by atoms with van der Waals surface area (Å²) < 4.78 is 10.8. The molecule has 0 unspecified atom stereocenters. The van der Waals surface area contributed by atoms with Crippen molar-refractivity contribution in [2.75, 3.05) is 13.1 Å². The zero-order valence-electron chi connectivity index (χ0n) is 30.3. The Bertz CT molecular complexity index is 1470. The van der Waals surface area contributed by atoms with Crippen molar-refractivity contribution in [2.24, 2.45) is 0 Å².